The topological polar surface area (TPSA) is 35.2 Å². The molecule has 4 heteroatoms. The lowest BCUT2D eigenvalue weighted by molar-refractivity contribution is 0.309. The monoisotopic (exact) mass is 299 g/mol. The van der Waals surface area contributed by atoms with Crippen molar-refractivity contribution in [1.29, 1.82) is 0 Å². The Morgan fingerprint density at radius 3 is 2.79 bits per heavy atom. The largest absolute Gasteiger partial charge is 0.492 e. The van der Waals surface area contributed by atoms with Crippen molar-refractivity contribution in [1.82, 2.24) is 0 Å². The van der Waals surface area contributed by atoms with E-state index >= 15 is 0 Å². The van der Waals surface area contributed by atoms with E-state index in [4.69, 9.17) is 40.1 Å². The third kappa shape index (κ3) is 5.32. The second-order valence-corrected chi connectivity index (χ2v) is 5.25. The summed E-state index contributed by atoms with van der Waals surface area (Å²) in [5, 5.41) is 1.12. The Morgan fingerprint density at radius 1 is 1.42 bits per heavy atom. The number of terminal acetylenes is 1. The summed E-state index contributed by atoms with van der Waals surface area (Å²) in [6.45, 7) is 2.59. The smallest absolute Gasteiger partial charge is 0.141 e. The maximum Gasteiger partial charge on any atom is 0.141 e. The summed E-state index contributed by atoms with van der Waals surface area (Å²) < 4.78 is 5.73. The van der Waals surface area contributed by atoms with E-state index in [2.05, 4.69) is 5.92 Å². The number of halogens is 2. The molecule has 2 N–H and O–H groups in total. The van der Waals surface area contributed by atoms with Crippen molar-refractivity contribution < 1.29 is 4.74 Å². The minimum atomic E-state index is 0.0718. The van der Waals surface area contributed by atoms with Crippen molar-refractivity contribution >= 4 is 23.2 Å². The molecule has 0 aliphatic carbocycles. The first-order valence-corrected chi connectivity index (χ1v) is 7.13. The molecule has 1 unspecified atom stereocenters. The van der Waals surface area contributed by atoms with E-state index in [0.29, 0.717) is 35.2 Å². The van der Waals surface area contributed by atoms with E-state index < -0.39 is 0 Å². The van der Waals surface area contributed by atoms with Crippen LogP contribution < -0.4 is 10.5 Å². The highest BCUT2D eigenvalue weighted by Gasteiger charge is 2.13. The fourth-order valence-electron chi connectivity index (χ4n) is 1.70. The molecule has 104 valence electrons. The molecule has 0 saturated carbocycles. The summed E-state index contributed by atoms with van der Waals surface area (Å²) in [7, 11) is 0. The van der Waals surface area contributed by atoms with Gasteiger partial charge in [-0.2, -0.15) is 0 Å². The fourth-order valence-corrected chi connectivity index (χ4v) is 2.29. The van der Waals surface area contributed by atoms with Crippen LogP contribution in [0, 0.1) is 12.3 Å². The first kappa shape index (κ1) is 16.2. The predicted molar refractivity (Wildman–Crippen MR) is 82.0 cm³/mol. The quantitative estimate of drug-likeness (QED) is 0.608. The number of rotatable bonds is 7. The van der Waals surface area contributed by atoms with Crippen molar-refractivity contribution in [3.63, 3.8) is 0 Å². The average Bonchev–Trinajstić information content (AvgIpc) is 2.36. The predicted octanol–water partition coefficient (Wildman–Crippen LogP) is 4.07. The van der Waals surface area contributed by atoms with Crippen LogP contribution in [0.15, 0.2) is 12.1 Å². The Labute approximate surface area is 125 Å². The van der Waals surface area contributed by atoms with Gasteiger partial charge in [0.1, 0.15) is 5.75 Å². The molecule has 0 aliphatic rings. The number of hydrogen-bond acceptors (Lipinski definition) is 2. The maximum atomic E-state index is 6.18. The van der Waals surface area contributed by atoms with Crippen LogP contribution >= 0.6 is 23.2 Å². The van der Waals surface area contributed by atoms with Crippen molar-refractivity contribution in [2.75, 3.05) is 6.61 Å². The minimum Gasteiger partial charge on any atom is -0.492 e. The zero-order valence-electron chi connectivity index (χ0n) is 11.1. The first-order chi connectivity index (χ1) is 9.08. The Kier molecular flexibility index (Phi) is 7.09. The highest BCUT2D eigenvalue weighted by Crippen LogP contribution is 2.33. The van der Waals surface area contributed by atoms with E-state index in [-0.39, 0.29) is 6.04 Å². The lowest BCUT2D eigenvalue weighted by atomic mass is 10.0. The number of nitrogens with two attached hydrogens (primary N) is 1. The molecule has 0 fully saturated rings. The number of unbranched alkanes of at least 4 members (excludes halogenated alkanes) is 1. The van der Waals surface area contributed by atoms with Crippen molar-refractivity contribution in [2.45, 2.75) is 38.6 Å². The maximum absolute atomic E-state index is 6.18. The molecular formula is C15H19Cl2NO. The molecule has 0 amide bonds. The van der Waals surface area contributed by atoms with Gasteiger partial charge < -0.3 is 10.5 Å². The van der Waals surface area contributed by atoms with E-state index in [1.54, 1.807) is 6.07 Å². The fraction of sp³-hybridized carbons (Fsp3) is 0.467. The Hall–Kier alpha value is -0.880. The van der Waals surface area contributed by atoms with Gasteiger partial charge in [0, 0.05) is 17.5 Å². The van der Waals surface area contributed by atoms with Crippen LogP contribution in [0.4, 0.5) is 0 Å². The summed E-state index contributed by atoms with van der Waals surface area (Å²) in [5.74, 6) is 3.25. The summed E-state index contributed by atoms with van der Waals surface area (Å²) >= 11 is 12.2. The first-order valence-electron chi connectivity index (χ1n) is 6.38. The second-order valence-electron chi connectivity index (χ2n) is 4.40. The highest BCUT2D eigenvalue weighted by atomic mass is 35.5. The average molecular weight is 300 g/mol. The van der Waals surface area contributed by atoms with Gasteiger partial charge in [0.25, 0.3) is 0 Å². The van der Waals surface area contributed by atoms with Gasteiger partial charge in [-0.3, -0.25) is 0 Å². The molecule has 2 nitrogen and oxygen atoms in total. The van der Waals surface area contributed by atoms with Gasteiger partial charge in [-0.15, -0.1) is 12.3 Å². The Morgan fingerprint density at radius 2 is 2.16 bits per heavy atom. The van der Waals surface area contributed by atoms with Crippen LogP contribution in [0.2, 0.25) is 10.0 Å². The normalized spacial score (nSPS) is 11.9. The molecule has 0 radical (unpaired) electrons. The molecule has 1 rings (SSSR count). The van der Waals surface area contributed by atoms with Crippen LogP contribution in [0.25, 0.3) is 0 Å². The molecule has 1 aromatic carbocycles. The van der Waals surface area contributed by atoms with Gasteiger partial charge in [0.05, 0.1) is 11.6 Å². The Bertz CT molecular complexity index is 454. The zero-order chi connectivity index (χ0) is 14.3. The summed E-state index contributed by atoms with van der Waals surface area (Å²) in [5.41, 5.74) is 6.93. The summed E-state index contributed by atoms with van der Waals surface area (Å²) in [6, 6.07) is 3.61. The molecular weight excluding hydrogens is 281 g/mol. The van der Waals surface area contributed by atoms with Crippen molar-refractivity contribution in [3.8, 4) is 18.1 Å². The van der Waals surface area contributed by atoms with Gasteiger partial charge in [-0.1, -0.05) is 30.1 Å². The summed E-state index contributed by atoms with van der Waals surface area (Å²) in [6.07, 6.45) is 8.28. The van der Waals surface area contributed by atoms with E-state index in [1.807, 2.05) is 13.0 Å². The van der Waals surface area contributed by atoms with Crippen molar-refractivity contribution in [2.24, 2.45) is 5.73 Å². The lowest BCUT2D eigenvalue weighted by Gasteiger charge is -2.16. The zero-order valence-corrected chi connectivity index (χ0v) is 12.6. The van der Waals surface area contributed by atoms with Crippen LogP contribution in [0.5, 0.6) is 5.75 Å². The molecule has 0 spiro atoms. The number of ether oxygens (including phenoxy) is 1. The second kappa shape index (κ2) is 8.32. The number of benzene rings is 1. The van der Waals surface area contributed by atoms with Crippen LogP contribution in [0.3, 0.4) is 0 Å². The minimum absolute atomic E-state index is 0.0718. The Balaban J connectivity index is 2.84. The number of hydrogen-bond donors (Lipinski definition) is 1. The van der Waals surface area contributed by atoms with Crippen molar-refractivity contribution in [3.05, 3.63) is 27.7 Å². The van der Waals surface area contributed by atoms with E-state index in [0.717, 1.165) is 18.4 Å². The van der Waals surface area contributed by atoms with Gasteiger partial charge in [0.2, 0.25) is 0 Å². The molecule has 0 heterocycles. The molecule has 1 aromatic rings. The molecule has 0 aromatic heterocycles. The molecule has 0 saturated heterocycles. The summed E-state index contributed by atoms with van der Waals surface area (Å²) in [4.78, 5) is 0. The van der Waals surface area contributed by atoms with Gasteiger partial charge in [-0.25, -0.2) is 0 Å². The van der Waals surface area contributed by atoms with Gasteiger partial charge in [0.15, 0.2) is 0 Å². The molecule has 1 atom stereocenters. The van der Waals surface area contributed by atoms with Crippen LogP contribution in [0.1, 0.15) is 31.7 Å². The van der Waals surface area contributed by atoms with Gasteiger partial charge >= 0.3 is 0 Å². The molecule has 19 heavy (non-hydrogen) atoms. The van der Waals surface area contributed by atoms with Gasteiger partial charge in [-0.05, 0) is 37.0 Å². The third-order valence-electron chi connectivity index (χ3n) is 2.80. The van der Waals surface area contributed by atoms with Crippen LogP contribution in [-0.4, -0.2) is 12.6 Å². The highest BCUT2D eigenvalue weighted by molar-refractivity contribution is 6.35. The van der Waals surface area contributed by atoms with E-state index in [9.17, 15) is 0 Å². The molecule has 0 bridgehead atoms. The molecule has 0 aliphatic heterocycles. The standard InChI is InChI=1S/C15H19Cl2NO/c1-3-5-6-7-19-15-11(9-13(18)4-2)8-12(16)10-14(15)17/h1,8,10,13H,4-7,9,18H2,2H3. The lowest BCUT2D eigenvalue weighted by Crippen LogP contribution is -2.21. The van der Waals surface area contributed by atoms with E-state index in [1.165, 1.54) is 0 Å². The van der Waals surface area contributed by atoms with Crippen LogP contribution in [-0.2, 0) is 6.42 Å². The SMILES string of the molecule is C#CCCCOc1c(Cl)cc(Cl)cc1CC(N)CC. The third-order valence-corrected chi connectivity index (χ3v) is 3.30.